The predicted molar refractivity (Wildman–Crippen MR) is 137 cm³/mol. The molecular formula is C23H26BrN5O3S. The van der Waals surface area contributed by atoms with Crippen molar-refractivity contribution in [2.24, 2.45) is 7.05 Å². The minimum Gasteiger partial charge on any atom is -0.351 e. The number of fused-ring (bicyclic) bond motifs is 1. The maximum absolute atomic E-state index is 12.8. The van der Waals surface area contributed by atoms with Gasteiger partial charge in [0.25, 0.3) is 17.7 Å². The molecule has 1 aromatic carbocycles. The number of carbonyl (C=O) groups excluding carboxylic acids is 3. The van der Waals surface area contributed by atoms with E-state index >= 15 is 0 Å². The van der Waals surface area contributed by atoms with Crippen LogP contribution in [0.2, 0.25) is 0 Å². The lowest BCUT2D eigenvalue weighted by Crippen LogP contribution is -2.28. The van der Waals surface area contributed by atoms with Crippen LogP contribution in [-0.4, -0.2) is 54.4 Å². The summed E-state index contributed by atoms with van der Waals surface area (Å²) in [5.41, 5.74) is 1.63. The monoisotopic (exact) mass is 531 g/mol. The van der Waals surface area contributed by atoms with E-state index in [1.54, 1.807) is 42.1 Å². The number of nitrogens with zero attached hydrogens (tertiary/aromatic N) is 2. The summed E-state index contributed by atoms with van der Waals surface area (Å²) in [4.78, 5) is 39.6. The first-order chi connectivity index (χ1) is 15.6. The van der Waals surface area contributed by atoms with E-state index in [0.29, 0.717) is 28.5 Å². The maximum Gasteiger partial charge on any atom is 0.267 e. The topological polar surface area (TPSA) is 95.5 Å². The average Bonchev–Trinajstić information content (AvgIpc) is 3.33. The zero-order valence-corrected chi connectivity index (χ0v) is 21.1. The molecule has 10 heteroatoms. The Bertz CT molecular complexity index is 1210. The lowest BCUT2D eigenvalue weighted by atomic mass is 10.2. The Morgan fingerprint density at radius 1 is 1.09 bits per heavy atom. The normalized spacial score (nSPS) is 10.9. The van der Waals surface area contributed by atoms with Gasteiger partial charge in [0, 0.05) is 30.2 Å². The lowest BCUT2D eigenvalue weighted by Gasteiger charge is -2.10. The van der Waals surface area contributed by atoms with Gasteiger partial charge in [0.1, 0.15) is 5.69 Å². The highest BCUT2D eigenvalue weighted by molar-refractivity contribution is 9.12. The third kappa shape index (κ3) is 6.53. The molecule has 8 nitrogen and oxygen atoms in total. The quantitative estimate of drug-likeness (QED) is 0.287. The lowest BCUT2D eigenvalue weighted by molar-refractivity contribution is -0.112. The van der Waals surface area contributed by atoms with E-state index < -0.39 is 0 Å². The van der Waals surface area contributed by atoms with Gasteiger partial charge in [-0.3, -0.25) is 14.4 Å². The molecule has 0 saturated heterocycles. The zero-order chi connectivity index (χ0) is 24.1. The molecule has 0 unspecified atom stereocenters. The fraction of sp³-hybridized carbons (Fsp3) is 0.261. The Kier molecular flexibility index (Phi) is 8.06. The second-order valence-corrected chi connectivity index (χ2v) is 9.86. The maximum atomic E-state index is 12.8. The van der Waals surface area contributed by atoms with Gasteiger partial charge in [-0.1, -0.05) is 6.58 Å². The Morgan fingerprint density at radius 3 is 2.55 bits per heavy atom. The molecule has 0 spiro atoms. The van der Waals surface area contributed by atoms with Gasteiger partial charge in [-0.05, 0) is 78.7 Å². The number of nitrogens with one attached hydrogen (secondary N) is 3. The summed E-state index contributed by atoms with van der Waals surface area (Å²) in [5.74, 6) is -0.775. The molecule has 0 aliphatic rings. The summed E-state index contributed by atoms with van der Waals surface area (Å²) in [6, 6.07) is 8.86. The van der Waals surface area contributed by atoms with Gasteiger partial charge in [0.05, 0.1) is 15.0 Å². The molecule has 0 fully saturated rings. The van der Waals surface area contributed by atoms with Gasteiger partial charge < -0.3 is 25.4 Å². The molecule has 2 heterocycles. The molecule has 33 heavy (non-hydrogen) atoms. The van der Waals surface area contributed by atoms with Crippen molar-refractivity contribution in [1.29, 1.82) is 0 Å². The van der Waals surface area contributed by atoms with Crippen LogP contribution in [0.15, 0.2) is 47.6 Å². The number of rotatable bonds is 9. The van der Waals surface area contributed by atoms with E-state index in [1.807, 2.05) is 20.2 Å². The highest BCUT2D eigenvalue weighted by atomic mass is 79.9. The zero-order valence-electron chi connectivity index (χ0n) is 18.7. The fourth-order valence-corrected chi connectivity index (χ4v) is 4.21. The number of thiophene rings is 1. The predicted octanol–water partition coefficient (Wildman–Crippen LogP) is 4.02. The number of aromatic nitrogens is 1. The number of hydrogen-bond donors (Lipinski definition) is 3. The molecular weight excluding hydrogens is 506 g/mol. The Balaban J connectivity index is 1.66. The van der Waals surface area contributed by atoms with Crippen LogP contribution in [0.1, 0.15) is 26.6 Å². The average molecular weight is 532 g/mol. The molecule has 3 aromatic rings. The summed E-state index contributed by atoms with van der Waals surface area (Å²) in [6.07, 6.45) is 2.57. The highest BCUT2D eigenvalue weighted by Gasteiger charge is 2.16. The van der Waals surface area contributed by atoms with Crippen molar-refractivity contribution >= 4 is 66.4 Å². The van der Waals surface area contributed by atoms with Crippen molar-refractivity contribution < 1.29 is 14.4 Å². The molecule has 0 atom stereocenters. The molecule has 3 amide bonds. The van der Waals surface area contributed by atoms with Crippen molar-refractivity contribution in [1.82, 2.24) is 14.8 Å². The third-order valence-electron chi connectivity index (χ3n) is 4.81. The van der Waals surface area contributed by atoms with Crippen LogP contribution in [0.3, 0.4) is 0 Å². The van der Waals surface area contributed by atoms with Gasteiger partial charge in [-0.25, -0.2) is 0 Å². The van der Waals surface area contributed by atoms with E-state index in [1.165, 1.54) is 11.3 Å². The van der Waals surface area contributed by atoms with E-state index in [2.05, 4.69) is 43.4 Å². The summed E-state index contributed by atoms with van der Waals surface area (Å²) >= 11 is 4.40. The molecule has 3 rings (SSSR count). The van der Waals surface area contributed by atoms with Crippen molar-refractivity contribution in [3.63, 3.8) is 0 Å². The molecule has 0 radical (unpaired) electrons. The number of anilines is 2. The van der Waals surface area contributed by atoms with Crippen LogP contribution in [0, 0.1) is 0 Å². The van der Waals surface area contributed by atoms with Crippen LogP contribution in [0.25, 0.3) is 10.1 Å². The second kappa shape index (κ2) is 10.8. The van der Waals surface area contributed by atoms with Gasteiger partial charge in [-0.15, -0.1) is 11.3 Å². The van der Waals surface area contributed by atoms with Gasteiger partial charge in [-0.2, -0.15) is 0 Å². The Hall–Kier alpha value is -2.95. The number of aryl methyl sites for hydroxylation is 1. The van der Waals surface area contributed by atoms with E-state index in [4.69, 9.17) is 0 Å². The third-order valence-corrected chi connectivity index (χ3v) is 6.28. The minimum atomic E-state index is -0.329. The number of amides is 3. The van der Waals surface area contributed by atoms with Crippen molar-refractivity contribution in [2.75, 3.05) is 37.8 Å². The largest absolute Gasteiger partial charge is 0.351 e. The van der Waals surface area contributed by atoms with Crippen LogP contribution in [0.4, 0.5) is 11.4 Å². The first-order valence-corrected chi connectivity index (χ1v) is 11.8. The Morgan fingerprint density at radius 2 is 1.85 bits per heavy atom. The molecule has 0 aliphatic heterocycles. The summed E-state index contributed by atoms with van der Waals surface area (Å²) in [6.45, 7) is 5.02. The molecule has 0 saturated carbocycles. The van der Waals surface area contributed by atoms with Gasteiger partial charge in [0.15, 0.2) is 0 Å². The van der Waals surface area contributed by atoms with Crippen LogP contribution < -0.4 is 16.0 Å². The first-order valence-electron chi connectivity index (χ1n) is 10.2. The van der Waals surface area contributed by atoms with Crippen molar-refractivity contribution in [3.8, 4) is 0 Å². The number of halogens is 1. The summed E-state index contributed by atoms with van der Waals surface area (Å²) in [7, 11) is 5.74. The van der Waals surface area contributed by atoms with Crippen molar-refractivity contribution in [2.45, 2.75) is 6.42 Å². The van der Waals surface area contributed by atoms with Gasteiger partial charge in [0.2, 0.25) is 0 Å². The first kappa shape index (κ1) is 24.7. The molecule has 0 aliphatic carbocycles. The van der Waals surface area contributed by atoms with E-state index in [9.17, 15) is 14.4 Å². The standard InChI is InChI=1S/C23H26BrN5O3S/c1-14(24)21(30)26-16-6-7-19-15(10-16)11-20(33-19)23(32)27-17-12-18(29(4)13-17)22(31)25-8-5-9-28(2)3/h6-7,10-13H,1,5,8-9H2,2-4H3,(H,25,31)(H,26,30)(H,27,32). The van der Waals surface area contributed by atoms with E-state index in [-0.39, 0.29) is 22.2 Å². The fourth-order valence-electron chi connectivity index (χ4n) is 3.17. The SMILES string of the molecule is C=C(Br)C(=O)Nc1ccc2sc(C(=O)Nc3cc(C(=O)NCCCN(C)C)n(C)c3)cc2c1. The summed E-state index contributed by atoms with van der Waals surface area (Å²) in [5, 5.41) is 9.33. The smallest absolute Gasteiger partial charge is 0.267 e. The number of carbonyl (C=O) groups is 3. The van der Waals surface area contributed by atoms with Crippen LogP contribution in [0.5, 0.6) is 0 Å². The summed E-state index contributed by atoms with van der Waals surface area (Å²) < 4.78 is 2.84. The van der Waals surface area contributed by atoms with Crippen LogP contribution >= 0.6 is 27.3 Å². The van der Waals surface area contributed by atoms with Crippen molar-refractivity contribution in [3.05, 3.63) is 58.2 Å². The second-order valence-electron chi connectivity index (χ2n) is 7.81. The van der Waals surface area contributed by atoms with Gasteiger partial charge >= 0.3 is 0 Å². The minimum absolute atomic E-state index is 0.181. The molecule has 0 bridgehead atoms. The highest BCUT2D eigenvalue weighted by Crippen LogP contribution is 2.29. The molecule has 174 valence electrons. The van der Waals surface area contributed by atoms with Crippen LogP contribution in [-0.2, 0) is 11.8 Å². The van der Waals surface area contributed by atoms with E-state index in [0.717, 1.165) is 23.1 Å². The molecule has 2 aromatic heterocycles. The number of benzene rings is 1. The molecule has 3 N–H and O–H groups in total. The number of hydrogen-bond acceptors (Lipinski definition) is 5. The Labute approximate surface area is 204 Å².